The van der Waals surface area contributed by atoms with Crippen molar-refractivity contribution in [2.24, 2.45) is 10.7 Å². The number of benzene rings is 1. The van der Waals surface area contributed by atoms with Gasteiger partial charge in [-0.05, 0) is 37.1 Å². The molecule has 2 N–H and O–H groups in total. The highest BCUT2D eigenvalue weighted by Gasteiger charge is 2.37. The minimum Gasteiger partial charge on any atom is -0.488 e. The number of carbonyl (C=O) groups excluding carboxylic acids is 1. The molecule has 168 valence electrons. The summed E-state index contributed by atoms with van der Waals surface area (Å²) in [5, 5.41) is 0.556. The Morgan fingerprint density at radius 1 is 1.32 bits per heavy atom. The first-order valence-electron chi connectivity index (χ1n) is 10.5. The molecule has 1 aromatic heterocycles. The Morgan fingerprint density at radius 3 is 2.71 bits per heavy atom. The minimum absolute atomic E-state index is 0.116. The molecule has 0 aliphatic carbocycles. The van der Waals surface area contributed by atoms with Gasteiger partial charge in [0.15, 0.2) is 5.96 Å². The fraction of sp³-hybridized carbons (Fsp3) is 0.435. The largest absolute Gasteiger partial charge is 0.488 e. The average molecular weight is 447 g/mol. The highest BCUT2D eigenvalue weighted by Crippen LogP contribution is 2.41. The predicted molar refractivity (Wildman–Crippen MR) is 124 cm³/mol. The highest BCUT2D eigenvalue weighted by molar-refractivity contribution is 6.30. The van der Waals surface area contributed by atoms with Crippen LogP contribution in [0.15, 0.2) is 41.7 Å². The van der Waals surface area contributed by atoms with Gasteiger partial charge in [0, 0.05) is 37.2 Å². The third-order valence-corrected chi connectivity index (χ3v) is 4.97. The zero-order chi connectivity index (χ0) is 23.0. The van der Waals surface area contributed by atoms with Gasteiger partial charge < -0.3 is 15.2 Å². The number of ether oxygens (including phenoxy) is 2. The van der Waals surface area contributed by atoms with Crippen molar-refractivity contribution in [3.8, 4) is 16.9 Å². The molecule has 0 bridgehead atoms. The van der Waals surface area contributed by atoms with Gasteiger partial charge in [-0.25, -0.2) is 4.99 Å². The van der Waals surface area contributed by atoms with Crippen molar-refractivity contribution in [1.29, 1.82) is 0 Å². The van der Waals surface area contributed by atoms with Crippen LogP contribution in [0.3, 0.4) is 0 Å². The van der Waals surface area contributed by atoms with E-state index in [9.17, 15) is 4.79 Å². The van der Waals surface area contributed by atoms with E-state index < -0.39 is 6.04 Å². The van der Waals surface area contributed by atoms with Crippen LogP contribution in [0.25, 0.3) is 11.1 Å². The van der Waals surface area contributed by atoms with E-state index in [0.29, 0.717) is 23.8 Å². The van der Waals surface area contributed by atoms with Gasteiger partial charge in [-0.1, -0.05) is 38.4 Å². The van der Waals surface area contributed by atoms with Gasteiger partial charge in [0.2, 0.25) is 6.41 Å². The smallest absolute Gasteiger partial charge is 0.216 e. The second-order valence-corrected chi connectivity index (χ2v) is 7.39. The number of nitrogens with zero attached hydrogens (tertiary/aromatic N) is 3. The van der Waals surface area contributed by atoms with Crippen LogP contribution in [-0.4, -0.2) is 48.1 Å². The van der Waals surface area contributed by atoms with Crippen LogP contribution in [0.4, 0.5) is 0 Å². The Labute approximate surface area is 189 Å². The van der Waals surface area contributed by atoms with E-state index in [0.717, 1.165) is 23.1 Å². The zero-order valence-electron chi connectivity index (χ0n) is 18.7. The summed E-state index contributed by atoms with van der Waals surface area (Å²) in [5.74, 6) is 0.827. The van der Waals surface area contributed by atoms with Crippen molar-refractivity contribution in [3.63, 3.8) is 0 Å². The number of amides is 1. The van der Waals surface area contributed by atoms with Crippen molar-refractivity contribution >= 4 is 24.0 Å². The summed E-state index contributed by atoms with van der Waals surface area (Å²) in [6.45, 7) is 8.56. The quantitative estimate of drug-likeness (QED) is 0.402. The van der Waals surface area contributed by atoms with Gasteiger partial charge in [-0.15, -0.1) is 0 Å². The summed E-state index contributed by atoms with van der Waals surface area (Å²) in [5.41, 5.74) is 8.68. The number of pyridine rings is 1. The number of aliphatic imine (C=N–C) groups is 1. The molecule has 31 heavy (non-hydrogen) atoms. The lowest BCUT2D eigenvalue weighted by atomic mass is 9.92. The van der Waals surface area contributed by atoms with Crippen LogP contribution in [-0.2, 0) is 9.53 Å². The maximum Gasteiger partial charge on any atom is 0.216 e. The summed E-state index contributed by atoms with van der Waals surface area (Å²) in [4.78, 5) is 21.1. The van der Waals surface area contributed by atoms with Crippen LogP contribution in [0, 0.1) is 0 Å². The SMILES string of the molecule is CC.CCCO[C@@H]1[C@H](C)Oc2ccc(-c3cncc(Cl)c3)cc2[C@@H]1N=C(N)N(C)C=O. The highest BCUT2D eigenvalue weighted by atomic mass is 35.5. The van der Waals surface area contributed by atoms with Crippen molar-refractivity contribution < 1.29 is 14.3 Å². The zero-order valence-corrected chi connectivity index (χ0v) is 19.5. The van der Waals surface area contributed by atoms with E-state index in [1.807, 2.05) is 52.0 Å². The molecule has 0 saturated carbocycles. The van der Waals surface area contributed by atoms with Crippen molar-refractivity contribution in [1.82, 2.24) is 9.88 Å². The Morgan fingerprint density at radius 2 is 2.06 bits per heavy atom. The number of fused-ring (bicyclic) bond motifs is 1. The number of rotatable bonds is 6. The number of aromatic nitrogens is 1. The summed E-state index contributed by atoms with van der Waals surface area (Å²) in [6, 6.07) is 7.27. The Balaban J connectivity index is 0.00000166. The van der Waals surface area contributed by atoms with Crippen LogP contribution in [0.2, 0.25) is 5.02 Å². The second kappa shape index (κ2) is 11.7. The fourth-order valence-corrected chi connectivity index (χ4v) is 3.42. The summed E-state index contributed by atoms with van der Waals surface area (Å²) >= 11 is 6.10. The maximum absolute atomic E-state index is 11.1. The second-order valence-electron chi connectivity index (χ2n) is 6.95. The summed E-state index contributed by atoms with van der Waals surface area (Å²) < 4.78 is 12.2. The molecule has 0 spiro atoms. The first kappa shape index (κ1) is 24.6. The van der Waals surface area contributed by atoms with E-state index in [4.69, 9.17) is 26.8 Å². The molecule has 0 fully saturated rings. The first-order chi connectivity index (χ1) is 14.9. The number of guanidine groups is 1. The number of halogens is 1. The normalized spacial score (nSPS) is 20.1. The van der Waals surface area contributed by atoms with E-state index in [1.165, 1.54) is 4.90 Å². The van der Waals surface area contributed by atoms with Gasteiger partial charge in [0.05, 0.1) is 5.02 Å². The standard InChI is InChI=1S/C21H25ClN4O3.C2H6/c1-4-7-28-20-13(2)29-18-6-5-14(15-8-16(22)11-24-10-15)9-17(18)19(20)25-21(23)26(3)12-27;1-2/h5-6,8-13,19-20H,4,7H2,1-3H3,(H2,23,25);1-2H3/t13-,19-,20+;/m0./s1. The van der Waals surface area contributed by atoms with E-state index in [2.05, 4.69) is 9.98 Å². The molecule has 2 heterocycles. The lowest BCUT2D eigenvalue weighted by Crippen LogP contribution is -2.42. The van der Waals surface area contributed by atoms with Gasteiger partial charge in [0.25, 0.3) is 0 Å². The van der Waals surface area contributed by atoms with Gasteiger partial charge in [-0.2, -0.15) is 0 Å². The summed E-state index contributed by atoms with van der Waals surface area (Å²) in [6.07, 6.45) is 4.26. The number of hydrogen-bond acceptors (Lipinski definition) is 5. The average Bonchev–Trinajstić information content (AvgIpc) is 2.79. The monoisotopic (exact) mass is 446 g/mol. The number of hydrogen-bond donors (Lipinski definition) is 1. The topological polar surface area (TPSA) is 90.0 Å². The molecule has 7 nitrogen and oxygen atoms in total. The van der Waals surface area contributed by atoms with E-state index in [1.54, 1.807) is 19.4 Å². The molecule has 1 amide bonds. The molecule has 8 heteroatoms. The molecule has 3 atom stereocenters. The fourth-order valence-electron chi connectivity index (χ4n) is 3.25. The molecular formula is C23H31ClN4O3. The van der Waals surface area contributed by atoms with E-state index >= 15 is 0 Å². The maximum atomic E-state index is 11.1. The van der Waals surface area contributed by atoms with Crippen molar-refractivity contribution in [2.75, 3.05) is 13.7 Å². The molecule has 0 saturated heterocycles. The van der Waals surface area contributed by atoms with Gasteiger partial charge >= 0.3 is 0 Å². The number of nitrogens with two attached hydrogens (primary N) is 1. The van der Waals surface area contributed by atoms with Crippen LogP contribution in [0.1, 0.15) is 45.7 Å². The molecule has 3 rings (SSSR count). The molecule has 0 unspecified atom stereocenters. The molecule has 0 radical (unpaired) electrons. The van der Waals surface area contributed by atoms with Gasteiger partial charge in [0.1, 0.15) is 24.0 Å². The Hall–Kier alpha value is -2.64. The third-order valence-electron chi connectivity index (χ3n) is 4.76. The molecule has 2 aromatic rings. The van der Waals surface area contributed by atoms with Crippen LogP contribution in [0.5, 0.6) is 5.75 Å². The summed E-state index contributed by atoms with van der Waals surface area (Å²) in [7, 11) is 1.56. The number of carbonyl (C=O) groups is 1. The Kier molecular flexibility index (Phi) is 9.27. The minimum atomic E-state index is -0.421. The lowest BCUT2D eigenvalue weighted by molar-refractivity contribution is -0.114. The predicted octanol–water partition coefficient (Wildman–Crippen LogP) is 4.45. The van der Waals surface area contributed by atoms with E-state index in [-0.39, 0.29) is 18.2 Å². The van der Waals surface area contributed by atoms with Crippen molar-refractivity contribution in [2.45, 2.75) is 52.4 Å². The lowest BCUT2D eigenvalue weighted by Gasteiger charge is -2.36. The third kappa shape index (κ3) is 5.95. The van der Waals surface area contributed by atoms with Crippen molar-refractivity contribution in [3.05, 3.63) is 47.2 Å². The molecular weight excluding hydrogens is 416 g/mol. The molecule has 1 aromatic carbocycles. The molecule has 1 aliphatic rings. The first-order valence-corrected chi connectivity index (χ1v) is 10.9. The molecule has 1 aliphatic heterocycles. The Bertz CT molecular complexity index is 906. The van der Waals surface area contributed by atoms with Crippen LogP contribution >= 0.6 is 11.6 Å². The van der Waals surface area contributed by atoms with Gasteiger partial charge in [-0.3, -0.25) is 14.7 Å². The van der Waals surface area contributed by atoms with Crippen LogP contribution < -0.4 is 10.5 Å².